The Labute approximate surface area is 104 Å². The van der Waals surface area contributed by atoms with Crippen LogP contribution in [-0.4, -0.2) is 35.1 Å². The lowest BCUT2D eigenvalue weighted by molar-refractivity contribution is 0.412. The van der Waals surface area contributed by atoms with Crippen molar-refractivity contribution >= 4 is 29.2 Å². The molecule has 88 valence electrons. The number of hydrogen-bond donors (Lipinski definition) is 1. The smallest absolute Gasteiger partial charge is 0.198 e. The van der Waals surface area contributed by atoms with E-state index in [1.54, 1.807) is 7.11 Å². The lowest BCUT2D eigenvalue weighted by Gasteiger charge is -2.13. The summed E-state index contributed by atoms with van der Waals surface area (Å²) < 4.78 is 5.17. The van der Waals surface area contributed by atoms with Crippen molar-refractivity contribution in [3.05, 3.63) is 11.5 Å². The summed E-state index contributed by atoms with van der Waals surface area (Å²) in [5, 5.41) is 3.62. The van der Waals surface area contributed by atoms with Crippen LogP contribution in [0.5, 0.6) is 5.75 Å². The third-order valence-corrected chi connectivity index (χ3v) is 4.05. The van der Waals surface area contributed by atoms with E-state index in [2.05, 4.69) is 15.3 Å². The number of nitrogens with zero attached hydrogens (tertiary/aromatic N) is 2. The van der Waals surface area contributed by atoms with Gasteiger partial charge in [-0.2, -0.15) is 11.8 Å². The predicted molar refractivity (Wildman–Crippen MR) is 67.5 cm³/mol. The van der Waals surface area contributed by atoms with E-state index < -0.39 is 0 Å². The van der Waals surface area contributed by atoms with Crippen LogP contribution in [0.15, 0.2) is 6.33 Å². The summed E-state index contributed by atoms with van der Waals surface area (Å²) in [6, 6.07) is 0. The molecule has 1 aromatic rings. The first-order valence-electron chi connectivity index (χ1n) is 5.17. The van der Waals surface area contributed by atoms with Gasteiger partial charge in [0.1, 0.15) is 6.33 Å². The molecule has 1 aliphatic rings. The number of rotatable bonds is 4. The summed E-state index contributed by atoms with van der Waals surface area (Å²) >= 11 is 7.91. The molecule has 16 heavy (non-hydrogen) atoms. The lowest BCUT2D eigenvalue weighted by Crippen LogP contribution is -2.15. The molecule has 0 aromatic carbocycles. The molecule has 1 aromatic heterocycles. The molecule has 6 heteroatoms. The Bertz CT molecular complexity index is 358. The zero-order valence-electron chi connectivity index (χ0n) is 9.07. The van der Waals surface area contributed by atoms with Crippen molar-refractivity contribution in [2.24, 2.45) is 5.92 Å². The van der Waals surface area contributed by atoms with Crippen molar-refractivity contribution in [3.63, 3.8) is 0 Å². The van der Waals surface area contributed by atoms with Crippen LogP contribution in [0.3, 0.4) is 0 Å². The molecule has 0 bridgehead atoms. The van der Waals surface area contributed by atoms with Gasteiger partial charge in [0.05, 0.1) is 7.11 Å². The summed E-state index contributed by atoms with van der Waals surface area (Å²) in [4.78, 5) is 8.01. The Hall–Kier alpha value is -0.680. The fourth-order valence-electron chi connectivity index (χ4n) is 1.64. The quantitative estimate of drug-likeness (QED) is 0.841. The van der Waals surface area contributed by atoms with Gasteiger partial charge in [0.2, 0.25) is 0 Å². The van der Waals surface area contributed by atoms with Crippen LogP contribution >= 0.6 is 23.4 Å². The molecule has 0 radical (unpaired) electrons. The van der Waals surface area contributed by atoms with Gasteiger partial charge in [-0.1, -0.05) is 11.6 Å². The number of halogens is 1. The highest BCUT2D eigenvalue weighted by Gasteiger charge is 2.17. The fourth-order valence-corrected chi connectivity index (χ4v) is 3.14. The molecule has 1 aliphatic heterocycles. The van der Waals surface area contributed by atoms with Crippen LogP contribution in [0.1, 0.15) is 6.42 Å². The number of hydrogen-bond acceptors (Lipinski definition) is 5. The molecule has 0 spiro atoms. The van der Waals surface area contributed by atoms with E-state index in [9.17, 15) is 0 Å². The van der Waals surface area contributed by atoms with Gasteiger partial charge in [-0.05, 0) is 23.8 Å². The maximum Gasteiger partial charge on any atom is 0.198 e. The number of nitrogens with one attached hydrogen (secondary N) is 1. The molecule has 4 nitrogen and oxygen atoms in total. The van der Waals surface area contributed by atoms with Crippen molar-refractivity contribution < 1.29 is 4.74 Å². The maximum atomic E-state index is 5.90. The van der Waals surface area contributed by atoms with E-state index in [4.69, 9.17) is 16.3 Å². The summed E-state index contributed by atoms with van der Waals surface area (Å²) in [6.07, 6.45) is 2.70. The normalized spacial score (nSPS) is 19.8. The van der Waals surface area contributed by atoms with E-state index in [-0.39, 0.29) is 0 Å². The van der Waals surface area contributed by atoms with E-state index in [1.165, 1.54) is 24.3 Å². The number of methoxy groups -OCH3 is 1. The zero-order chi connectivity index (χ0) is 11.4. The Morgan fingerprint density at radius 1 is 1.62 bits per heavy atom. The van der Waals surface area contributed by atoms with Crippen molar-refractivity contribution in [3.8, 4) is 5.75 Å². The standard InChI is InChI=1S/C10H14ClN3OS/c1-15-8-9(11)13-6-14-10(8)12-4-7-2-3-16-5-7/h6-7H,2-5H2,1H3,(H,12,13,14). The van der Waals surface area contributed by atoms with Crippen LogP contribution in [0.4, 0.5) is 5.82 Å². The molecular formula is C10H14ClN3OS. The third kappa shape index (κ3) is 2.71. The van der Waals surface area contributed by atoms with Gasteiger partial charge < -0.3 is 10.1 Å². The van der Waals surface area contributed by atoms with E-state index in [0.29, 0.717) is 22.6 Å². The highest BCUT2D eigenvalue weighted by molar-refractivity contribution is 7.99. The number of ether oxygens (including phenoxy) is 1. The topological polar surface area (TPSA) is 47.0 Å². The molecule has 1 atom stereocenters. The number of anilines is 1. The maximum absolute atomic E-state index is 5.90. The van der Waals surface area contributed by atoms with Crippen LogP contribution < -0.4 is 10.1 Å². The highest BCUT2D eigenvalue weighted by Crippen LogP contribution is 2.29. The Morgan fingerprint density at radius 3 is 3.19 bits per heavy atom. The molecule has 1 N–H and O–H groups in total. The van der Waals surface area contributed by atoms with Gasteiger partial charge >= 0.3 is 0 Å². The van der Waals surface area contributed by atoms with Crippen molar-refractivity contribution in [2.75, 3.05) is 30.5 Å². The largest absolute Gasteiger partial charge is 0.490 e. The molecule has 1 saturated heterocycles. The fraction of sp³-hybridized carbons (Fsp3) is 0.600. The average Bonchev–Trinajstić information content (AvgIpc) is 2.79. The Kier molecular flexibility index (Phi) is 4.12. The molecule has 2 rings (SSSR count). The summed E-state index contributed by atoms with van der Waals surface area (Å²) in [5.74, 6) is 4.39. The minimum atomic E-state index is 0.348. The predicted octanol–water partition coefficient (Wildman–Crippen LogP) is 2.30. The second-order valence-electron chi connectivity index (χ2n) is 3.66. The van der Waals surface area contributed by atoms with Gasteiger partial charge in [-0.15, -0.1) is 0 Å². The van der Waals surface area contributed by atoms with E-state index in [0.717, 1.165) is 6.54 Å². The molecule has 2 heterocycles. The van der Waals surface area contributed by atoms with Gasteiger partial charge in [0, 0.05) is 6.54 Å². The summed E-state index contributed by atoms with van der Waals surface area (Å²) in [7, 11) is 1.57. The van der Waals surface area contributed by atoms with Crippen molar-refractivity contribution in [1.82, 2.24) is 9.97 Å². The second kappa shape index (κ2) is 5.59. The number of thioether (sulfide) groups is 1. The van der Waals surface area contributed by atoms with Crippen molar-refractivity contribution in [1.29, 1.82) is 0 Å². The zero-order valence-corrected chi connectivity index (χ0v) is 10.6. The van der Waals surface area contributed by atoms with Gasteiger partial charge in [0.25, 0.3) is 0 Å². The molecule has 0 saturated carbocycles. The summed E-state index contributed by atoms with van der Waals surface area (Å²) in [6.45, 7) is 0.913. The monoisotopic (exact) mass is 259 g/mol. The van der Waals surface area contributed by atoms with E-state index in [1.807, 2.05) is 11.8 Å². The van der Waals surface area contributed by atoms with Crippen LogP contribution in [0.2, 0.25) is 5.15 Å². The first-order valence-corrected chi connectivity index (χ1v) is 6.70. The highest BCUT2D eigenvalue weighted by atomic mass is 35.5. The third-order valence-electron chi connectivity index (χ3n) is 2.55. The first kappa shape index (κ1) is 11.8. The van der Waals surface area contributed by atoms with Crippen LogP contribution in [-0.2, 0) is 0 Å². The van der Waals surface area contributed by atoms with Crippen LogP contribution in [0, 0.1) is 5.92 Å². The SMILES string of the molecule is COc1c(Cl)ncnc1NCC1CCSC1. The molecule has 1 fully saturated rings. The van der Waals surface area contributed by atoms with Gasteiger partial charge in [-0.25, -0.2) is 9.97 Å². The Morgan fingerprint density at radius 2 is 2.50 bits per heavy atom. The number of aromatic nitrogens is 2. The second-order valence-corrected chi connectivity index (χ2v) is 5.16. The van der Waals surface area contributed by atoms with E-state index >= 15 is 0 Å². The molecule has 1 unspecified atom stereocenters. The summed E-state index contributed by atoms with van der Waals surface area (Å²) in [5.41, 5.74) is 0. The van der Waals surface area contributed by atoms with Gasteiger partial charge in [0.15, 0.2) is 16.7 Å². The van der Waals surface area contributed by atoms with Gasteiger partial charge in [-0.3, -0.25) is 0 Å². The molecular weight excluding hydrogens is 246 g/mol. The van der Waals surface area contributed by atoms with Crippen LogP contribution in [0.25, 0.3) is 0 Å². The minimum absolute atomic E-state index is 0.348. The average molecular weight is 260 g/mol. The lowest BCUT2D eigenvalue weighted by atomic mass is 10.1. The first-order chi connectivity index (χ1) is 7.81. The minimum Gasteiger partial charge on any atom is -0.490 e. The molecule has 0 amide bonds. The Balaban J connectivity index is 2.00. The van der Waals surface area contributed by atoms with Crippen molar-refractivity contribution in [2.45, 2.75) is 6.42 Å². The molecule has 0 aliphatic carbocycles.